The summed E-state index contributed by atoms with van der Waals surface area (Å²) in [5.74, 6) is 0.183. The Morgan fingerprint density at radius 3 is 2.06 bits per heavy atom. The predicted molar refractivity (Wildman–Crippen MR) is 79.6 cm³/mol. The zero-order valence-corrected chi connectivity index (χ0v) is 11.8. The number of hydrogen-bond acceptors (Lipinski definition) is 1. The van der Waals surface area contributed by atoms with Gasteiger partial charge in [-0.25, -0.2) is 0 Å². The third-order valence-corrected chi connectivity index (χ3v) is 2.97. The van der Waals surface area contributed by atoms with E-state index in [1.807, 2.05) is 12.2 Å². The van der Waals surface area contributed by atoms with E-state index in [-0.39, 0.29) is 5.91 Å². The lowest BCUT2D eigenvalue weighted by molar-refractivity contribution is -0.121. The fourth-order valence-corrected chi connectivity index (χ4v) is 1.84. The van der Waals surface area contributed by atoms with Crippen LogP contribution in [0.1, 0.15) is 64.2 Å². The highest BCUT2D eigenvalue weighted by Gasteiger charge is 1.98. The van der Waals surface area contributed by atoms with Gasteiger partial charge in [-0.2, -0.15) is 0 Å². The third kappa shape index (κ3) is 13.0. The summed E-state index contributed by atoms with van der Waals surface area (Å²) in [5, 5.41) is 2.97. The van der Waals surface area contributed by atoms with Crippen molar-refractivity contribution in [1.82, 2.24) is 5.32 Å². The smallest absolute Gasteiger partial charge is 0.220 e. The summed E-state index contributed by atoms with van der Waals surface area (Å²) in [4.78, 5) is 11.4. The summed E-state index contributed by atoms with van der Waals surface area (Å²) in [6.07, 6.45) is 15.0. The van der Waals surface area contributed by atoms with Crippen molar-refractivity contribution in [3.63, 3.8) is 0 Å². The van der Waals surface area contributed by atoms with E-state index in [2.05, 4.69) is 18.5 Å². The summed E-state index contributed by atoms with van der Waals surface area (Å²) in [6, 6.07) is 0. The van der Waals surface area contributed by atoms with Crippen molar-refractivity contribution in [2.75, 3.05) is 6.54 Å². The molecule has 0 radical (unpaired) electrons. The van der Waals surface area contributed by atoms with Gasteiger partial charge in [-0.15, -0.1) is 13.2 Å². The number of rotatable bonds is 13. The van der Waals surface area contributed by atoms with Crippen LogP contribution in [-0.2, 0) is 4.79 Å². The van der Waals surface area contributed by atoms with Crippen molar-refractivity contribution in [2.24, 2.45) is 0 Å². The largest absolute Gasteiger partial charge is 0.356 e. The fourth-order valence-electron chi connectivity index (χ4n) is 1.84. The number of allylic oxidation sites excluding steroid dienone is 2. The van der Waals surface area contributed by atoms with Crippen LogP contribution in [0.15, 0.2) is 25.3 Å². The highest BCUT2D eigenvalue weighted by Crippen LogP contribution is 2.06. The molecule has 0 aromatic carbocycles. The van der Waals surface area contributed by atoms with Gasteiger partial charge >= 0.3 is 0 Å². The molecular formula is C16H29NO. The van der Waals surface area contributed by atoms with Crippen molar-refractivity contribution in [1.29, 1.82) is 0 Å². The maximum atomic E-state index is 11.4. The number of hydrogen-bond donors (Lipinski definition) is 1. The maximum Gasteiger partial charge on any atom is 0.220 e. The lowest BCUT2D eigenvalue weighted by Crippen LogP contribution is -2.23. The summed E-state index contributed by atoms with van der Waals surface area (Å²) < 4.78 is 0. The van der Waals surface area contributed by atoms with Gasteiger partial charge in [-0.1, -0.05) is 37.8 Å². The predicted octanol–water partition coefficient (Wildman–Crippen LogP) is 4.38. The normalized spacial score (nSPS) is 10.0. The monoisotopic (exact) mass is 251 g/mol. The Kier molecular flexibility index (Phi) is 13.2. The van der Waals surface area contributed by atoms with Crippen molar-refractivity contribution < 1.29 is 4.79 Å². The first kappa shape index (κ1) is 16.9. The zero-order valence-electron chi connectivity index (χ0n) is 11.8. The van der Waals surface area contributed by atoms with E-state index < -0.39 is 0 Å². The SMILES string of the molecule is C=CCCCCCCCCNC(=O)CCCC=C. The molecule has 0 atom stereocenters. The van der Waals surface area contributed by atoms with E-state index in [0.29, 0.717) is 6.42 Å². The summed E-state index contributed by atoms with van der Waals surface area (Å²) >= 11 is 0. The van der Waals surface area contributed by atoms with Crippen LogP contribution in [0.5, 0.6) is 0 Å². The van der Waals surface area contributed by atoms with Crippen LogP contribution in [0, 0.1) is 0 Å². The van der Waals surface area contributed by atoms with E-state index in [9.17, 15) is 4.79 Å². The quantitative estimate of drug-likeness (QED) is 0.382. The molecule has 1 N–H and O–H groups in total. The van der Waals surface area contributed by atoms with Crippen molar-refractivity contribution in [3.8, 4) is 0 Å². The molecule has 2 heteroatoms. The van der Waals surface area contributed by atoms with E-state index in [4.69, 9.17) is 0 Å². The second-order valence-corrected chi connectivity index (χ2v) is 4.73. The van der Waals surface area contributed by atoms with Gasteiger partial charge in [0.05, 0.1) is 0 Å². The average molecular weight is 251 g/mol. The first-order chi connectivity index (χ1) is 8.81. The molecule has 104 valence electrons. The summed E-state index contributed by atoms with van der Waals surface area (Å²) in [7, 11) is 0. The molecule has 0 rings (SSSR count). The standard InChI is InChI=1S/C16H29NO/c1-3-5-7-8-9-10-11-13-15-17-16(18)14-12-6-4-2/h3-4H,1-2,5-15H2,(H,17,18). The van der Waals surface area contributed by atoms with Gasteiger partial charge in [-0.05, 0) is 32.1 Å². The minimum absolute atomic E-state index is 0.183. The van der Waals surface area contributed by atoms with Crippen LogP contribution in [0.4, 0.5) is 0 Å². The van der Waals surface area contributed by atoms with Crippen molar-refractivity contribution in [2.45, 2.75) is 64.2 Å². The lowest BCUT2D eigenvalue weighted by Gasteiger charge is -2.04. The molecule has 0 spiro atoms. The first-order valence-electron chi connectivity index (χ1n) is 7.29. The molecule has 0 aliphatic heterocycles. The minimum Gasteiger partial charge on any atom is -0.356 e. The van der Waals surface area contributed by atoms with Crippen LogP contribution in [0.3, 0.4) is 0 Å². The first-order valence-corrected chi connectivity index (χ1v) is 7.29. The molecule has 0 saturated carbocycles. The molecule has 0 unspecified atom stereocenters. The molecule has 0 aliphatic carbocycles. The van der Waals surface area contributed by atoms with Gasteiger partial charge in [0.15, 0.2) is 0 Å². The van der Waals surface area contributed by atoms with Gasteiger partial charge in [0.1, 0.15) is 0 Å². The average Bonchev–Trinajstić information content (AvgIpc) is 2.37. The highest BCUT2D eigenvalue weighted by molar-refractivity contribution is 5.75. The topological polar surface area (TPSA) is 29.1 Å². The Balaban J connectivity index is 3.12. The van der Waals surface area contributed by atoms with Gasteiger partial charge in [0, 0.05) is 13.0 Å². The molecule has 0 aromatic heterocycles. The van der Waals surface area contributed by atoms with Gasteiger partial charge in [0.25, 0.3) is 0 Å². The van der Waals surface area contributed by atoms with Gasteiger partial charge in [0.2, 0.25) is 5.91 Å². The van der Waals surface area contributed by atoms with E-state index in [1.54, 1.807) is 0 Å². The molecule has 0 fully saturated rings. The number of carbonyl (C=O) groups excluding carboxylic acids is 1. The second kappa shape index (κ2) is 14.0. The Morgan fingerprint density at radius 2 is 1.39 bits per heavy atom. The zero-order chi connectivity index (χ0) is 13.5. The Bertz CT molecular complexity index is 223. The van der Waals surface area contributed by atoms with Gasteiger partial charge in [-0.3, -0.25) is 4.79 Å². The van der Waals surface area contributed by atoms with E-state index >= 15 is 0 Å². The van der Waals surface area contributed by atoms with Gasteiger partial charge < -0.3 is 5.32 Å². The number of nitrogens with one attached hydrogen (secondary N) is 1. The summed E-state index contributed by atoms with van der Waals surface area (Å²) in [6.45, 7) is 8.19. The van der Waals surface area contributed by atoms with E-state index in [1.165, 1.54) is 32.1 Å². The Labute approximate surface area is 113 Å². The number of amides is 1. The molecule has 0 aliphatic rings. The maximum absolute atomic E-state index is 11.4. The summed E-state index contributed by atoms with van der Waals surface area (Å²) in [5.41, 5.74) is 0. The Hall–Kier alpha value is -1.05. The molecule has 0 bridgehead atoms. The number of unbranched alkanes of at least 4 members (excludes halogenated alkanes) is 7. The number of carbonyl (C=O) groups is 1. The molecule has 1 amide bonds. The highest BCUT2D eigenvalue weighted by atomic mass is 16.1. The van der Waals surface area contributed by atoms with Crippen LogP contribution >= 0.6 is 0 Å². The molecule has 0 heterocycles. The Morgan fingerprint density at radius 1 is 0.833 bits per heavy atom. The van der Waals surface area contributed by atoms with Crippen LogP contribution in [0.2, 0.25) is 0 Å². The van der Waals surface area contributed by atoms with Crippen LogP contribution < -0.4 is 5.32 Å². The molecule has 18 heavy (non-hydrogen) atoms. The van der Waals surface area contributed by atoms with Crippen LogP contribution in [0.25, 0.3) is 0 Å². The lowest BCUT2D eigenvalue weighted by atomic mass is 10.1. The fraction of sp³-hybridized carbons (Fsp3) is 0.688. The van der Waals surface area contributed by atoms with Crippen molar-refractivity contribution >= 4 is 5.91 Å². The minimum atomic E-state index is 0.183. The molecule has 0 aromatic rings. The second-order valence-electron chi connectivity index (χ2n) is 4.73. The third-order valence-electron chi connectivity index (χ3n) is 2.97. The molecule has 2 nitrogen and oxygen atoms in total. The van der Waals surface area contributed by atoms with E-state index in [0.717, 1.165) is 32.2 Å². The molecule has 0 saturated heterocycles. The van der Waals surface area contributed by atoms with Crippen LogP contribution in [-0.4, -0.2) is 12.5 Å². The van der Waals surface area contributed by atoms with Crippen molar-refractivity contribution in [3.05, 3.63) is 25.3 Å². The molecular weight excluding hydrogens is 222 g/mol.